The molecule has 1 aliphatic heterocycles. The van der Waals surface area contributed by atoms with Crippen molar-refractivity contribution in [2.24, 2.45) is 0 Å². The molecule has 0 radical (unpaired) electrons. The van der Waals surface area contributed by atoms with Crippen molar-refractivity contribution in [3.05, 3.63) is 24.3 Å². The Hall–Kier alpha value is -1.75. The van der Waals surface area contributed by atoms with Gasteiger partial charge in [0, 0.05) is 18.3 Å². The third-order valence-corrected chi connectivity index (χ3v) is 3.54. The molecule has 20 heavy (non-hydrogen) atoms. The van der Waals surface area contributed by atoms with E-state index in [-0.39, 0.29) is 6.03 Å². The first kappa shape index (κ1) is 14.7. The number of hydrogen-bond donors (Lipinski definition) is 3. The van der Waals surface area contributed by atoms with Crippen LogP contribution in [0.2, 0.25) is 0 Å². The van der Waals surface area contributed by atoms with Gasteiger partial charge in [0.05, 0.1) is 7.11 Å². The molecule has 0 spiro atoms. The van der Waals surface area contributed by atoms with Gasteiger partial charge < -0.3 is 20.7 Å². The van der Waals surface area contributed by atoms with Crippen LogP contribution in [0.15, 0.2) is 24.3 Å². The minimum absolute atomic E-state index is 0.161. The second kappa shape index (κ2) is 7.75. The fourth-order valence-electron chi connectivity index (χ4n) is 2.38. The molecule has 3 N–H and O–H groups in total. The molecule has 1 aliphatic rings. The third-order valence-electron chi connectivity index (χ3n) is 3.54. The van der Waals surface area contributed by atoms with Crippen molar-refractivity contribution in [3.8, 4) is 5.75 Å². The summed E-state index contributed by atoms with van der Waals surface area (Å²) in [7, 11) is 1.62. The van der Waals surface area contributed by atoms with Crippen LogP contribution in [0.25, 0.3) is 0 Å². The summed E-state index contributed by atoms with van der Waals surface area (Å²) in [5, 5.41) is 9.16. The molecule has 5 nitrogen and oxygen atoms in total. The number of rotatable bonds is 5. The van der Waals surface area contributed by atoms with Crippen LogP contribution in [-0.2, 0) is 0 Å². The topological polar surface area (TPSA) is 62.4 Å². The molecule has 1 aromatic carbocycles. The van der Waals surface area contributed by atoms with Crippen LogP contribution in [0.3, 0.4) is 0 Å². The standard InChI is InChI=1S/C15H23N3O2/c1-20-14-7-5-13(6-8-14)18-15(19)17-11-9-12-4-2-3-10-16-12/h5-8,12,16H,2-4,9-11H2,1H3,(H2,17,18,19). The molecule has 1 aromatic rings. The van der Waals surface area contributed by atoms with Gasteiger partial charge in [0.25, 0.3) is 0 Å². The lowest BCUT2D eigenvalue weighted by molar-refractivity contribution is 0.251. The van der Waals surface area contributed by atoms with Gasteiger partial charge in [0.15, 0.2) is 0 Å². The molecule has 1 heterocycles. The maximum atomic E-state index is 11.7. The molecule has 1 saturated heterocycles. The van der Waals surface area contributed by atoms with Crippen LogP contribution in [0.4, 0.5) is 10.5 Å². The fraction of sp³-hybridized carbons (Fsp3) is 0.533. The van der Waals surface area contributed by atoms with E-state index in [0.717, 1.165) is 24.4 Å². The van der Waals surface area contributed by atoms with Gasteiger partial charge in [-0.3, -0.25) is 0 Å². The van der Waals surface area contributed by atoms with Crippen molar-refractivity contribution in [1.82, 2.24) is 10.6 Å². The Labute approximate surface area is 120 Å². The van der Waals surface area contributed by atoms with Gasteiger partial charge in [-0.05, 0) is 50.1 Å². The van der Waals surface area contributed by atoms with E-state index in [9.17, 15) is 4.79 Å². The quantitative estimate of drug-likeness (QED) is 0.774. The zero-order valence-electron chi connectivity index (χ0n) is 11.9. The minimum Gasteiger partial charge on any atom is -0.497 e. The lowest BCUT2D eigenvalue weighted by Gasteiger charge is -2.23. The van der Waals surface area contributed by atoms with Crippen molar-refractivity contribution in [3.63, 3.8) is 0 Å². The molecule has 5 heteroatoms. The Morgan fingerprint density at radius 3 is 2.80 bits per heavy atom. The summed E-state index contributed by atoms with van der Waals surface area (Å²) in [4.78, 5) is 11.7. The van der Waals surface area contributed by atoms with Gasteiger partial charge in [-0.2, -0.15) is 0 Å². The number of amides is 2. The van der Waals surface area contributed by atoms with Gasteiger partial charge in [-0.15, -0.1) is 0 Å². The summed E-state index contributed by atoms with van der Waals surface area (Å²) >= 11 is 0. The SMILES string of the molecule is COc1ccc(NC(=O)NCCC2CCCCN2)cc1. The normalized spacial score (nSPS) is 18.4. The second-order valence-corrected chi connectivity index (χ2v) is 5.04. The molecule has 1 unspecified atom stereocenters. The molecule has 2 amide bonds. The number of benzene rings is 1. The highest BCUT2D eigenvalue weighted by atomic mass is 16.5. The lowest BCUT2D eigenvalue weighted by Crippen LogP contribution is -2.38. The Morgan fingerprint density at radius 2 is 2.15 bits per heavy atom. The summed E-state index contributed by atoms with van der Waals surface area (Å²) in [5.41, 5.74) is 0.763. The Bertz CT molecular complexity index is 414. The Balaban J connectivity index is 1.66. The average Bonchev–Trinajstić information content (AvgIpc) is 2.49. The first-order valence-corrected chi connectivity index (χ1v) is 7.20. The summed E-state index contributed by atoms with van der Waals surface area (Å²) in [6.45, 7) is 1.79. The summed E-state index contributed by atoms with van der Waals surface area (Å²) in [6, 6.07) is 7.67. The number of anilines is 1. The highest BCUT2D eigenvalue weighted by Crippen LogP contribution is 2.14. The van der Waals surface area contributed by atoms with Crippen LogP contribution in [0.5, 0.6) is 5.75 Å². The van der Waals surface area contributed by atoms with Gasteiger partial charge in [0.1, 0.15) is 5.75 Å². The number of urea groups is 1. The number of carbonyl (C=O) groups is 1. The maximum absolute atomic E-state index is 11.7. The Morgan fingerprint density at radius 1 is 1.35 bits per heavy atom. The monoisotopic (exact) mass is 277 g/mol. The predicted molar refractivity (Wildman–Crippen MR) is 80.3 cm³/mol. The Kier molecular flexibility index (Phi) is 5.68. The average molecular weight is 277 g/mol. The maximum Gasteiger partial charge on any atom is 0.319 e. The van der Waals surface area contributed by atoms with Crippen LogP contribution in [0, 0.1) is 0 Å². The van der Waals surface area contributed by atoms with Gasteiger partial charge in [-0.1, -0.05) is 6.42 Å². The summed E-state index contributed by atoms with van der Waals surface area (Å²) < 4.78 is 5.07. The molecule has 0 bridgehead atoms. The molecule has 0 saturated carbocycles. The van der Waals surface area contributed by atoms with Crippen molar-refractivity contribution in [1.29, 1.82) is 0 Å². The molecular weight excluding hydrogens is 254 g/mol. The number of piperidine rings is 1. The van der Waals surface area contributed by atoms with Crippen LogP contribution >= 0.6 is 0 Å². The smallest absolute Gasteiger partial charge is 0.319 e. The molecule has 1 fully saturated rings. The summed E-state index contributed by atoms with van der Waals surface area (Å²) in [5.74, 6) is 0.777. The highest BCUT2D eigenvalue weighted by molar-refractivity contribution is 5.89. The van der Waals surface area contributed by atoms with Gasteiger partial charge in [0.2, 0.25) is 0 Å². The number of ether oxygens (including phenoxy) is 1. The predicted octanol–water partition coefficient (Wildman–Crippen LogP) is 2.35. The number of hydrogen-bond acceptors (Lipinski definition) is 3. The second-order valence-electron chi connectivity index (χ2n) is 5.04. The van der Waals surface area contributed by atoms with E-state index >= 15 is 0 Å². The molecule has 1 atom stereocenters. The van der Waals surface area contributed by atoms with Crippen molar-refractivity contribution in [2.75, 3.05) is 25.5 Å². The highest BCUT2D eigenvalue weighted by Gasteiger charge is 2.12. The number of nitrogens with one attached hydrogen (secondary N) is 3. The molecule has 0 aromatic heterocycles. The van der Waals surface area contributed by atoms with E-state index in [2.05, 4.69) is 16.0 Å². The van der Waals surface area contributed by atoms with Crippen LogP contribution in [-0.4, -0.2) is 32.3 Å². The van der Waals surface area contributed by atoms with Crippen molar-refractivity contribution >= 4 is 11.7 Å². The van der Waals surface area contributed by atoms with Gasteiger partial charge >= 0.3 is 6.03 Å². The van der Waals surface area contributed by atoms with E-state index in [1.54, 1.807) is 7.11 Å². The third kappa shape index (κ3) is 4.74. The largest absolute Gasteiger partial charge is 0.497 e. The fourth-order valence-corrected chi connectivity index (χ4v) is 2.38. The number of methoxy groups -OCH3 is 1. The summed E-state index contributed by atoms with van der Waals surface area (Å²) in [6.07, 6.45) is 4.75. The van der Waals surface area contributed by atoms with Crippen molar-refractivity contribution in [2.45, 2.75) is 31.7 Å². The van der Waals surface area contributed by atoms with Crippen LogP contribution < -0.4 is 20.7 Å². The zero-order chi connectivity index (χ0) is 14.2. The lowest BCUT2D eigenvalue weighted by atomic mass is 10.0. The first-order valence-electron chi connectivity index (χ1n) is 7.20. The van der Waals surface area contributed by atoms with Gasteiger partial charge in [-0.25, -0.2) is 4.79 Å². The number of carbonyl (C=O) groups excluding carboxylic acids is 1. The molecular formula is C15H23N3O2. The van der Waals surface area contributed by atoms with E-state index in [4.69, 9.17) is 4.74 Å². The van der Waals surface area contributed by atoms with E-state index in [1.807, 2.05) is 24.3 Å². The van der Waals surface area contributed by atoms with E-state index in [0.29, 0.717) is 12.6 Å². The minimum atomic E-state index is -0.161. The molecule has 2 rings (SSSR count). The molecule has 110 valence electrons. The first-order chi connectivity index (χ1) is 9.78. The van der Waals surface area contributed by atoms with E-state index in [1.165, 1.54) is 19.3 Å². The molecule has 0 aliphatic carbocycles. The van der Waals surface area contributed by atoms with E-state index < -0.39 is 0 Å². The zero-order valence-corrected chi connectivity index (χ0v) is 11.9. The van der Waals surface area contributed by atoms with Crippen LogP contribution in [0.1, 0.15) is 25.7 Å². The van der Waals surface area contributed by atoms with Crippen molar-refractivity contribution < 1.29 is 9.53 Å².